The largest absolute Gasteiger partial charge is 0.496 e. The normalized spacial score (nSPS) is 11.4. The Labute approximate surface area is 197 Å². The van der Waals surface area contributed by atoms with Crippen LogP contribution in [0.2, 0.25) is 0 Å². The molecule has 1 heterocycles. The molecular weight excluding hydrogens is 494 g/mol. The van der Waals surface area contributed by atoms with E-state index in [4.69, 9.17) is 9.47 Å². The highest BCUT2D eigenvalue weighted by atomic mass is 79.9. The van der Waals surface area contributed by atoms with Crippen molar-refractivity contribution in [2.24, 2.45) is 0 Å². The van der Waals surface area contributed by atoms with E-state index >= 15 is 0 Å². The molecule has 0 saturated heterocycles. The van der Waals surface area contributed by atoms with Crippen LogP contribution in [0.15, 0.2) is 70.2 Å². The maximum absolute atomic E-state index is 12.9. The first-order valence-electron chi connectivity index (χ1n) is 9.99. The van der Waals surface area contributed by atoms with Crippen LogP contribution < -0.4 is 14.8 Å². The number of hydrogen-bond acceptors (Lipinski definition) is 6. The Balaban J connectivity index is 1.61. The summed E-state index contributed by atoms with van der Waals surface area (Å²) < 4.78 is 39.0. The molecule has 0 atom stereocenters. The number of ether oxygens (including phenoxy) is 2. The number of anilines is 1. The van der Waals surface area contributed by atoms with Crippen LogP contribution in [0.25, 0.3) is 0 Å². The van der Waals surface area contributed by atoms with E-state index in [2.05, 4.69) is 26.2 Å². The van der Waals surface area contributed by atoms with Crippen LogP contribution in [-0.2, 0) is 16.6 Å². The van der Waals surface area contributed by atoms with E-state index in [0.29, 0.717) is 18.1 Å². The van der Waals surface area contributed by atoms with Gasteiger partial charge in [0.05, 0.1) is 7.11 Å². The number of hydrogen-bond donors (Lipinski definition) is 1. The molecule has 7 nitrogen and oxygen atoms in total. The first-order chi connectivity index (χ1) is 15.3. The molecule has 1 aromatic heterocycles. The molecule has 0 radical (unpaired) electrons. The van der Waals surface area contributed by atoms with Gasteiger partial charge in [0.1, 0.15) is 23.9 Å². The zero-order chi connectivity index (χ0) is 23.1. The Morgan fingerprint density at radius 1 is 1.09 bits per heavy atom. The summed E-state index contributed by atoms with van der Waals surface area (Å²) in [4.78, 5) is 4.30. The highest BCUT2D eigenvalue weighted by Gasteiger charge is 2.22. The summed E-state index contributed by atoms with van der Waals surface area (Å²) in [5, 5.41) is 3.16. The van der Waals surface area contributed by atoms with Crippen molar-refractivity contribution >= 4 is 31.8 Å². The van der Waals surface area contributed by atoms with Crippen molar-refractivity contribution in [3.63, 3.8) is 0 Å². The van der Waals surface area contributed by atoms with E-state index < -0.39 is 10.0 Å². The van der Waals surface area contributed by atoms with Crippen molar-refractivity contribution in [3.05, 3.63) is 76.3 Å². The molecule has 0 bridgehead atoms. The molecule has 0 aliphatic carbocycles. The molecule has 0 aliphatic heterocycles. The van der Waals surface area contributed by atoms with E-state index in [1.807, 2.05) is 49.4 Å². The van der Waals surface area contributed by atoms with Crippen LogP contribution in [0.5, 0.6) is 11.5 Å². The van der Waals surface area contributed by atoms with E-state index in [1.165, 1.54) is 17.4 Å². The number of aryl methyl sites for hydroxylation is 1. The minimum atomic E-state index is -3.75. The summed E-state index contributed by atoms with van der Waals surface area (Å²) in [5.41, 5.74) is 2.05. The van der Waals surface area contributed by atoms with Crippen LogP contribution in [0, 0.1) is 6.92 Å². The molecule has 0 saturated carbocycles. The molecule has 1 N–H and O–H groups in total. The average Bonchev–Trinajstić information content (AvgIpc) is 2.80. The fourth-order valence-electron chi connectivity index (χ4n) is 2.93. The molecule has 0 aliphatic rings. The van der Waals surface area contributed by atoms with Crippen molar-refractivity contribution in [3.8, 4) is 11.5 Å². The van der Waals surface area contributed by atoms with Crippen LogP contribution in [0.4, 0.5) is 5.82 Å². The smallest absolute Gasteiger partial charge is 0.260 e. The SMILES string of the molecule is COc1cc(CNc2cccc(S(=O)(=O)N(C)CCOc3ccc(Br)cc3)n2)ccc1C. The Morgan fingerprint density at radius 3 is 2.56 bits per heavy atom. The van der Waals surface area contributed by atoms with Gasteiger partial charge < -0.3 is 14.8 Å². The summed E-state index contributed by atoms with van der Waals surface area (Å²) in [6.45, 7) is 2.89. The Bertz CT molecular complexity index is 1150. The summed E-state index contributed by atoms with van der Waals surface area (Å²) in [7, 11) is -0.598. The second-order valence-electron chi connectivity index (χ2n) is 7.15. The van der Waals surface area contributed by atoms with Crippen molar-refractivity contribution in [2.45, 2.75) is 18.5 Å². The number of sulfonamides is 1. The number of nitrogens with one attached hydrogen (secondary N) is 1. The van der Waals surface area contributed by atoms with E-state index in [0.717, 1.165) is 21.3 Å². The number of halogens is 1. The third-order valence-electron chi connectivity index (χ3n) is 4.83. The minimum Gasteiger partial charge on any atom is -0.496 e. The zero-order valence-corrected chi connectivity index (χ0v) is 20.6. The molecule has 3 aromatic rings. The quantitative estimate of drug-likeness (QED) is 0.425. The predicted molar refractivity (Wildman–Crippen MR) is 129 cm³/mol. The standard InChI is InChI=1S/C23H26BrN3O4S/c1-17-7-8-18(15-21(17)30-3)16-25-22-5-4-6-23(26-22)32(28,29)27(2)13-14-31-20-11-9-19(24)10-12-20/h4-12,15H,13-14,16H2,1-3H3,(H,25,26). The monoisotopic (exact) mass is 519 g/mol. The third-order valence-corrected chi connectivity index (χ3v) is 7.12. The van der Waals surface area contributed by atoms with Gasteiger partial charge in [0, 0.05) is 24.6 Å². The number of aromatic nitrogens is 1. The molecule has 3 rings (SSSR count). The van der Waals surface area contributed by atoms with Crippen LogP contribution in [0.3, 0.4) is 0 Å². The second-order valence-corrected chi connectivity index (χ2v) is 10.1. The van der Waals surface area contributed by atoms with Gasteiger partial charge in [-0.25, -0.2) is 13.4 Å². The van der Waals surface area contributed by atoms with Crippen molar-refractivity contribution < 1.29 is 17.9 Å². The summed E-state index contributed by atoms with van der Waals surface area (Å²) in [6, 6.07) is 18.2. The first kappa shape index (κ1) is 24.0. The van der Waals surface area contributed by atoms with Crippen LogP contribution >= 0.6 is 15.9 Å². The first-order valence-corrected chi connectivity index (χ1v) is 12.2. The number of benzene rings is 2. The van der Waals surface area contributed by atoms with Gasteiger partial charge in [0.2, 0.25) is 0 Å². The number of likely N-dealkylation sites (N-methyl/N-ethyl adjacent to an activating group) is 1. The fourth-order valence-corrected chi connectivity index (χ4v) is 4.29. The van der Waals surface area contributed by atoms with Gasteiger partial charge in [-0.05, 0) is 60.5 Å². The van der Waals surface area contributed by atoms with E-state index in [9.17, 15) is 8.42 Å². The lowest BCUT2D eigenvalue weighted by molar-refractivity contribution is 0.286. The molecule has 0 fully saturated rings. The highest BCUT2D eigenvalue weighted by Crippen LogP contribution is 2.21. The molecule has 32 heavy (non-hydrogen) atoms. The van der Waals surface area contributed by atoms with Crippen molar-refractivity contribution in [1.29, 1.82) is 0 Å². The van der Waals surface area contributed by atoms with Gasteiger partial charge in [-0.2, -0.15) is 4.31 Å². The Morgan fingerprint density at radius 2 is 1.84 bits per heavy atom. The lowest BCUT2D eigenvalue weighted by Gasteiger charge is -2.17. The molecule has 2 aromatic carbocycles. The summed E-state index contributed by atoms with van der Waals surface area (Å²) in [6.07, 6.45) is 0. The second kappa shape index (κ2) is 10.8. The summed E-state index contributed by atoms with van der Waals surface area (Å²) >= 11 is 3.37. The summed E-state index contributed by atoms with van der Waals surface area (Å²) in [5.74, 6) is 1.96. The number of pyridine rings is 1. The third kappa shape index (κ3) is 6.21. The lowest BCUT2D eigenvalue weighted by Crippen LogP contribution is -2.31. The maximum Gasteiger partial charge on any atom is 0.260 e. The van der Waals surface area contributed by atoms with Gasteiger partial charge in [0.25, 0.3) is 10.0 Å². The molecular formula is C23H26BrN3O4S. The Hall–Kier alpha value is -2.62. The molecule has 0 spiro atoms. The molecule has 9 heteroatoms. The van der Waals surface area contributed by atoms with Gasteiger partial charge >= 0.3 is 0 Å². The van der Waals surface area contributed by atoms with Gasteiger partial charge in [-0.3, -0.25) is 0 Å². The fraction of sp³-hybridized carbons (Fsp3) is 0.261. The topological polar surface area (TPSA) is 80.8 Å². The average molecular weight is 520 g/mol. The van der Waals surface area contributed by atoms with E-state index in [-0.39, 0.29) is 18.2 Å². The predicted octanol–water partition coefficient (Wildman–Crippen LogP) is 4.47. The Kier molecular flexibility index (Phi) is 8.11. The van der Waals surface area contributed by atoms with Gasteiger partial charge in [0.15, 0.2) is 5.03 Å². The molecule has 0 unspecified atom stereocenters. The maximum atomic E-state index is 12.9. The van der Waals surface area contributed by atoms with Crippen LogP contribution in [0.1, 0.15) is 11.1 Å². The number of nitrogens with zero attached hydrogens (tertiary/aromatic N) is 2. The van der Waals surface area contributed by atoms with Gasteiger partial charge in [-0.15, -0.1) is 0 Å². The molecule has 170 valence electrons. The number of rotatable bonds is 10. The zero-order valence-electron chi connectivity index (χ0n) is 18.2. The molecule has 0 amide bonds. The van der Waals surface area contributed by atoms with E-state index in [1.54, 1.807) is 19.2 Å². The highest BCUT2D eigenvalue weighted by molar-refractivity contribution is 9.10. The lowest BCUT2D eigenvalue weighted by atomic mass is 10.1. The van der Waals surface area contributed by atoms with Crippen LogP contribution in [-0.4, -0.2) is 45.0 Å². The van der Waals surface area contributed by atoms with Gasteiger partial charge in [-0.1, -0.05) is 34.1 Å². The number of methoxy groups -OCH3 is 1. The minimum absolute atomic E-state index is 0.0184. The van der Waals surface area contributed by atoms with Crippen molar-refractivity contribution in [2.75, 3.05) is 32.6 Å². The van der Waals surface area contributed by atoms with Crippen molar-refractivity contribution in [1.82, 2.24) is 9.29 Å².